The Morgan fingerprint density at radius 3 is 2.85 bits per heavy atom. The van der Waals surface area contributed by atoms with Crippen LogP contribution in [0.25, 0.3) is 0 Å². The van der Waals surface area contributed by atoms with Crippen LogP contribution in [0, 0.1) is 5.92 Å². The van der Waals surface area contributed by atoms with Gasteiger partial charge in [0.05, 0.1) is 25.8 Å². The molecule has 1 aliphatic rings. The van der Waals surface area contributed by atoms with Gasteiger partial charge in [0.15, 0.2) is 0 Å². The predicted octanol–water partition coefficient (Wildman–Crippen LogP) is 0.821. The maximum Gasteiger partial charge on any atom is 0.322 e. The normalized spacial score (nSPS) is 24.8. The van der Waals surface area contributed by atoms with Gasteiger partial charge in [0.2, 0.25) is 0 Å². The van der Waals surface area contributed by atoms with E-state index in [4.69, 9.17) is 9.57 Å². The van der Waals surface area contributed by atoms with E-state index in [1.807, 2.05) is 0 Å². The van der Waals surface area contributed by atoms with Crippen molar-refractivity contribution in [1.82, 2.24) is 5.06 Å². The Balaban J connectivity index is 2.51. The lowest BCUT2D eigenvalue weighted by Crippen LogP contribution is -2.48. The predicted molar refractivity (Wildman–Crippen MR) is 47.9 cm³/mol. The lowest BCUT2D eigenvalue weighted by atomic mass is 10.0. The van der Waals surface area contributed by atoms with Crippen LogP contribution in [0.1, 0.15) is 20.8 Å². The Morgan fingerprint density at radius 1 is 1.62 bits per heavy atom. The molecule has 0 radical (unpaired) electrons. The number of morpholine rings is 1. The number of carbonyl (C=O) groups is 1. The Labute approximate surface area is 78.8 Å². The minimum Gasteiger partial charge on any atom is -0.378 e. The molecule has 0 aliphatic carbocycles. The molecule has 0 N–H and O–H groups in total. The molecule has 0 aromatic rings. The van der Waals surface area contributed by atoms with Crippen LogP contribution in [0.15, 0.2) is 0 Å². The molecule has 4 heteroatoms. The van der Waals surface area contributed by atoms with Crippen molar-refractivity contribution in [1.29, 1.82) is 0 Å². The second-order valence-corrected chi connectivity index (χ2v) is 3.61. The molecule has 13 heavy (non-hydrogen) atoms. The number of carbonyl (C=O) groups excluding carboxylic acids is 1. The van der Waals surface area contributed by atoms with E-state index in [1.54, 1.807) is 5.06 Å². The average molecular weight is 187 g/mol. The second-order valence-electron chi connectivity index (χ2n) is 3.61. The highest BCUT2D eigenvalue weighted by Crippen LogP contribution is 2.15. The van der Waals surface area contributed by atoms with Gasteiger partial charge in [-0.1, -0.05) is 13.8 Å². The van der Waals surface area contributed by atoms with E-state index in [0.29, 0.717) is 25.7 Å². The Bertz CT molecular complexity index is 182. The summed E-state index contributed by atoms with van der Waals surface area (Å²) in [5.41, 5.74) is 0. The molecule has 1 saturated heterocycles. The van der Waals surface area contributed by atoms with Crippen LogP contribution in [0.3, 0.4) is 0 Å². The first-order valence-electron chi connectivity index (χ1n) is 4.64. The van der Waals surface area contributed by atoms with Crippen molar-refractivity contribution in [3.05, 3.63) is 0 Å². The van der Waals surface area contributed by atoms with Crippen LogP contribution < -0.4 is 0 Å². The van der Waals surface area contributed by atoms with Gasteiger partial charge in [-0.25, -0.2) is 0 Å². The van der Waals surface area contributed by atoms with E-state index in [-0.39, 0.29) is 12.0 Å². The van der Waals surface area contributed by atoms with E-state index in [9.17, 15) is 4.79 Å². The molecule has 1 aliphatic heterocycles. The van der Waals surface area contributed by atoms with Gasteiger partial charge in [-0.2, -0.15) is 0 Å². The minimum atomic E-state index is -0.257. The third-order valence-corrected chi connectivity index (χ3v) is 2.13. The Kier molecular flexibility index (Phi) is 3.69. The minimum absolute atomic E-state index is 0.192. The Hall–Kier alpha value is -0.610. The molecular formula is C9H17NO3. The van der Waals surface area contributed by atoms with Crippen LogP contribution in [0.4, 0.5) is 0 Å². The summed E-state index contributed by atoms with van der Waals surface area (Å²) in [5, 5.41) is 1.73. The van der Waals surface area contributed by atoms with E-state index in [0.717, 1.165) is 0 Å². The highest BCUT2D eigenvalue weighted by Gasteiger charge is 2.27. The highest BCUT2D eigenvalue weighted by atomic mass is 16.7. The molecular weight excluding hydrogens is 170 g/mol. The molecule has 1 heterocycles. The average Bonchev–Trinajstić information content (AvgIpc) is 2.03. The number of hydrogen-bond acceptors (Lipinski definition) is 4. The molecule has 1 atom stereocenters. The summed E-state index contributed by atoms with van der Waals surface area (Å²) in [6, 6.07) is 0.192. The smallest absolute Gasteiger partial charge is 0.322 e. The van der Waals surface area contributed by atoms with Crippen LogP contribution >= 0.6 is 0 Å². The summed E-state index contributed by atoms with van der Waals surface area (Å²) in [6.45, 7) is 7.56. The fourth-order valence-corrected chi connectivity index (χ4v) is 1.41. The van der Waals surface area contributed by atoms with Crippen molar-refractivity contribution in [3.8, 4) is 0 Å². The molecule has 0 aromatic carbocycles. The largest absolute Gasteiger partial charge is 0.378 e. The molecule has 0 aromatic heterocycles. The quantitative estimate of drug-likeness (QED) is 0.641. The Morgan fingerprint density at radius 2 is 2.31 bits per heavy atom. The van der Waals surface area contributed by atoms with E-state index in [2.05, 4.69) is 13.8 Å². The first-order chi connectivity index (χ1) is 6.11. The number of nitrogens with zero attached hydrogens (tertiary/aromatic N) is 1. The summed E-state index contributed by atoms with van der Waals surface area (Å²) < 4.78 is 5.32. The first-order valence-corrected chi connectivity index (χ1v) is 4.64. The standard InChI is InChI=1S/C9H17NO3/c1-7(2)9-6-12-5-4-10(9)13-8(3)11/h7,9H,4-6H2,1-3H3. The van der Waals surface area contributed by atoms with Gasteiger partial charge in [0, 0.05) is 6.92 Å². The van der Waals surface area contributed by atoms with E-state index in [1.165, 1.54) is 6.92 Å². The molecule has 76 valence electrons. The summed E-state index contributed by atoms with van der Waals surface area (Å²) in [4.78, 5) is 15.9. The van der Waals surface area contributed by atoms with Crippen molar-refractivity contribution in [2.45, 2.75) is 26.8 Å². The van der Waals surface area contributed by atoms with Crippen LogP contribution in [-0.4, -0.2) is 36.8 Å². The lowest BCUT2D eigenvalue weighted by molar-refractivity contribution is -0.227. The topological polar surface area (TPSA) is 38.8 Å². The van der Waals surface area contributed by atoms with Crippen molar-refractivity contribution < 1.29 is 14.4 Å². The summed E-state index contributed by atoms with van der Waals surface area (Å²) in [6.07, 6.45) is 0. The highest BCUT2D eigenvalue weighted by molar-refractivity contribution is 5.65. The first kappa shape index (κ1) is 10.5. The number of hydrogen-bond donors (Lipinski definition) is 0. The summed E-state index contributed by atoms with van der Waals surface area (Å²) in [5.74, 6) is 0.173. The number of ether oxygens (including phenoxy) is 1. The zero-order valence-electron chi connectivity index (χ0n) is 8.45. The molecule has 0 spiro atoms. The zero-order valence-corrected chi connectivity index (χ0v) is 8.45. The van der Waals surface area contributed by atoms with Crippen molar-refractivity contribution in [2.75, 3.05) is 19.8 Å². The number of rotatable bonds is 2. The molecule has 0 amide bonds. The van der Waals surface area contributed by atoms with E-state index < -0.39 is 0 Å². The van der Waals surface area contributed by atoms with Crippen LogP contribution in [0.5, 0.6) is 0 Å². The molecule has 0 bridgehead atoms. The van der Waals surface area contributed by atoms with Crippen LogP contribution in [0.2, 0.25) is 0 Å². The molecule has 4 nitrogen and oxygen atoms in total. The summed E-state index contributed by atoms with van der Waals surface area (Å²) >= 11 is 0. The maximum absolute atomic E-state index is 10.8. The van der Waals surface area contributed by atoms with Crippen molar-refractivity contribution >= 4 is 5.97 Å². The van der Waals surface area contributed by atoms with Gasteiger partial charge >= 0.3 is 5.97 Å². The second kappa shape index (κ2) is 4.58. The third kappa shape index (κ3) is 2.97. The third-order valence-electron chi connectivity index (χ3n) is 2.13. The SMILES string of the molecule is CC(=O)ON1CCOCC1C(C)C. The van der Waals surface area contributed by atoms with Gasteiger partial charge in [0.1, 0.15) is 0 Å². The molecule has 1 unspecified atom stereocenters. The van der Waals surface area contributed by atoms with Gasteiger partial charge in [-0.15, -0.1) is 5.06 Å². The molecule has 1 rings (SSSR count). The van der Waals surface area contributed by atoms with Gasteiger partial charge < -0.3 is 9.57 Å². The summed E-state index contributed by atoms with van der Waals surface area (Å²) in [7, 11) is 0. The zero-order chi connectivity index (χ0) is 9.84. The van der Waals surface area contributed by atoms with E-state index >= 15 is 0 Å². The monoisotopic (exact) mass is 187 g/mol. The van der Waals surface area contributed by atoms with Crippen LogP contribution in [-0.2, 0) is 14.4 Å². The van der Waals surface area contributed by atoms with Crippen molar-refractivity contribution in [3.63, 3.8) is 0 Å². The fraction of sp³-hybridized carbons (Fsp3) is 0.889. The maximum atomic E-state index is 10.8. The van der Waals surface area contributed by atoms with Gasteiger partial charge in [0.25, 0.3) is 0 Å². The van der Waals surface area contributed by atoms with Gasteiger partial charge in [-0.05, 0) is 5.92 Å². The lowest BCUT2D eigenvalue weighted by Gasteiger charge is -2.35. The van der Waals surface area contributed by atoms with Crippen molar-refractivity contribution in [2.24, 2.45) is 5.92 Å². The number of hydroxylamine groups is 2. The molecule has 0 saturated carbocycles. The fourth-order valence-electron chi connectivity index (χ4n) is 1.41. The van der Waals surface area contributed by atoms with Gasteiger partial charge in [-0.3, -0.25) is 4.79 Å². The molecule has 1 fully saturated rings.